The van der Waals surface area contributed by atoms with Crippen molar-refractivity contribution in [3.63, 3.8) is 0 Å². The van der Waals surface area contributed by atoms with Crippen LogP contribution in [-0.4, -0.2) is 55.9 Å². The van der Waals surface area contributed by atoms with Gasteiger partial charge in [-0.15, -0.1) is 0 Å². The Morgan fingerprint density at radius 1 is 1.17 bits per heavy atom. The number of hydrogen-bond donors (Lipinski definition) is 2. The lowest BCUT2D eigenvalue weighted by atomic mass is 9.79. The van der Waals surface area contributed by atoms with Gasteiger partial charge in [-0.25, -0.2) is 0 Å². The van der Waals surface area contributed by atoms with E-state index in [-0.39, 0.29) is 17.2 Å². The second kappa shape index (κ2) is 8.43. The molecule has 3 aliphatic rings. The molecule has 2 amide bonds. The summed E-state index contributed by atoms with van der Waals surface area (Å²) in [6.45, 7) is 4.10. The van der Waals surface area contributed by atoms with Gasteiger partial charge < -0.3 is 20.4 Å². The average Bonchev–Trinajstić information content (AvgIpc) is 3.09. The monoisotopic (exact) mass is 397 g/mol. The van der Waals surface area contributed by atoms with Crippen LogP contribution in [-0.2, 0) is 16.1 Å². The Morgan fingerprint density at radius 3 is 2.69 bits per heavy atom. The number of nitrogens with zero attached hydrogens (tertiary/aromatic N) is 3. The van der Waals surface area contributed by atoms with Crippen LogP contribution in [0.3, 0.4) is 0 Å². The Balaban J connectivity index is 1.35. The van der Waals surface area contributed by atoms with Crippen LogP contribution < -0.4 is 15.5 Å². The van der Waals surface area contributed by atoms with Gasteiger partial charge in [0.05, 0.1) is 0 Å². The normalized spacial score (nSPS) is 25.5. The van der Waals surface area contributed by atoms with E-state index in [9.17, 15) is 9.59 Å². The third-order valence-corrected chi connectivity index (χ3v) is 6.39. The molecule has 2 N–H and O–H groups in total. The Hall–Kier alpha value is -2.57. The minimum atomic E-state index is 0.0512. The molecular weight excluding hydrogens is 366 g/mol. The number of carbonyl (C=O) groups excluding carboxylic acids is 2. The number of likely N-dealkylation sites (tertiary alicyclic amines) is 1. The molecule has 29 heavy (non-hydrogen) atoms. The van der Waals surface area contributed by atoms with E-state index in [0.29, 0.717) is 19.4 Å². The molecule has 0 aliphatic carbocycles. The zero-order valence-corrected chi connectivity index (χ0v) is 17.2. The molecule has 3 saturated heterocycles. The quantitative estimate of drug-likeness (QED) is 0.603. The summed E-state index contributed by atoms with van der Waals surface area (Å²) in [6.07, 6.45) is 5.52. The van der Waals surface area contributed by atoms with Gasteiger partial charge in [0.2, 0.25) is 11.8 Å². The molecular formula is C22H31N5O2. The number of nitrogens with one attached hydrogen (secondary N) is 2. The minimum absolute atomic E-state index is 0.0512. The first-order valence-corrected chi connectivity index (χ1v) is 10.7. The highest BCUT2D eigenvalue weighted by molar-refractivity contribution is 5.94. The van der Waals surface area contributed by atoms with E-state index in [1.807, 2.05) is 24.1 Å². The van der Waals surface area contributed by atoms with E-state index in [0.717, 1.165) is 69.1 Å². The minimum Gasteiger partial charge on any atom is -0.355 e. The van der Waals surface area contributed by atoms with Gasteiger partial charge in [-0.3, -0.25) is 14.6 Å². The number of amides is 2. The Labute approximate surface area is 172 Å². The summed E-state index contributed by atoms with van der Waals surface area (Å²) in [4.78, 5) is 32.5. The third kappa shape index (κ3) is 4.38. The zero-order chi connectivity index (χ0) is 20.3. The lowest BCUT2D eigenvalue weighted by Crippen LogP contribution is -2.51. The molecule has 1 aromatic rings. The van der Waals surface area contributed by atoms with E-state index in [2.05, 4.69) is 32.7 Å². The van der Waals surface area contributed by atoms with Gasteiger partial charge in [0.15, 0.2) is 5.96 Å². The van der Waals surface area contributed by atoms with Crippen LogP contribution in [0.2, 0.25) is 0 Å². The summed E-state index contributed by atoms with van der Waals surface area (Å²) in [7, 11) is 1.81. The first-order valence-electron chi connectivity index (χ1n) is 10.7. The van der Waals surface area contributed by atoms with Gasteiger partial charge in [-0.05, 0) is 43.4 Å². The summed E-state index contributed by atoms with van der Waals surface area (Å²) < 4.78 is 0. The summed E-state index contributed by atoms with van der Waals surface area (Å²) in [5.74, 6) is 1.28. The number of rotatable bonds is 3. The second-order valence-electron chi connectivity index (χ2n) is 8.55. The number of aliphatic imine (C=N–C) groups is 1. The molecule has 0 bridgehead atoms. The molecule has 7 nitrogen and oxygen atoms in total. The Kier molecular flexibility index (Phi) is 5.74. The summed E-state index contributed by atoms with van der Waals surface area (Å²) in [5.41, 5.74) is 2.19. The van der Waals surface area contributed by atoms with E-state index in [4.69, 9.17) is 0 Å². The predicted molar refractivity (Wildman–Crippen MR) is 114 cm³/mol. The molecule has 1 spiro atoms. The van der Waals surface area contributed by atoms with Crippen LogP contribution in [0.1, 0.15) is 44.1 Å². The fourth-order valence-electron chi connectivity index (χ4n) is 4.81. The van der Waals surface area contributed by atoms with Crippen molar-refractivity contribution in [2.45, 2.75) is 45.1 Å². The van der Waals surface area contributed by atoms with Crippen LogP contribution in [0.4, 0.5) is 5.69 Å². The molecule has 7 heteroatoms. The highest BCUT2D eigenvalue weighted by atomic mass is 16.2. The molecule has 0 saturated carbocycles. The molecule has 3 aliphatic heterocycles. The van der Waals surface area contributed by atoms with E-state index in [1.54, 1.807) is 0 Å². The van der Waals surface area contributed by atoms with Crippen molar-refractivity contribution >= 4 is 23.5 Å². The van der Waals surface area contributed by atoms with Crippen molar-refractivity contribution in [3.05, 3.63) is 29.8 Å². The fraction of sp³-hybridized carbons (Fsp3) is 0.591. The zero-order valence-electron chi connectivity index (χ0n) is 17.2. The molecule has 1 unspecified atom stereocenters. The van der Waals surface area contributed by atoms with Crippen LogP contribution in [0.25, 0.3) is 0 Å². The molecule has 0 radical (unpaired) electrons. The van der Waals surface area contributed by atoms with Gasteiger partial charge in [0.25, 0.3) is 0 Å². The van der Waals surface area contributed by atoms with Gasteiger partial charge in [-0.1, -0.05) is 12.1 Å². The third-order valence-electron chi connectivity index (χ3n) is 6.39. The first kappa shape index (κ1) is 19.7. The molecule has 1 aromatic carbocycles. The van der Waals surface area contributed by atoms with Crippen molar-refractivity contribution in [1.82, 2.24) is 15.5 Å². The maximum Gasteiger partial charge on any atom is 0.226 e. The first-order chi connectivity index (χ1) is 14.1. The van der Waals surface area contributed by atoms with Crippen LogP contribution in [0.15, 0.2) is 29.3 Å². The Morgan fingerprint density at radius 2 is 2.00 bits per heavy atom. The summed E-state index contributed by atoms with van der Waals surface area (Å²) in [6, 6.07) is 8.23. The van der Waals surface area contributed by atoms with E-state index >= 15 is 0 Å². The molecule has 4 rings (SSSR count). The van der Waals surface area contributed by atoms with Crippen molar-refractivity contribution < 1.29 is 9.59 Å². The topological polar surface area (TPSA) is 77.0 Å². The highest BCUT2D eigenvalue weighted by Gasteiger charge is 2.42. The Bertz CT molecular complexity index is 791. The standard InChI is InChI=1S/C22H31N5O2/c1-23-21(26-11-4-10-22(16-26)13-19(28)25-15-22)24-14-17-6-8-18(9-7-17)27-12-3-2-5-20(27)29/h6-9H,2-5,10-16H2,1H3,(H,23,24)(H,25,28). The molecule has 156 valence electrons. The smallest absolute Gasteiger partial charge is 0.226 e. The summed E-state index contributed by atoms with van der Waals surface area (Å²) in [5, 5.41) is 6.47. The number of hydrogen-bond acceptors (Lipinski definition) is 3. The highest BCUT2D eigenvalue weighted by Crippen LogP contribution is 2.36. The molecule has 1 atom stereocenters. The van der Waals surface area contributed by atoms with Gasteiger partial charge in [0, 0.05) is 63.7 Å². The summed E-state index contributed by atoms with van der Waals surface area (Å²) >= 11 is 0. The second-order valence-corrected chi connectivity index (χ2v) is 8.55. The van der Waals surface area contributed by atoms with Crippen LogP contribution in [0.5, 0.6) is 0 Å². The van der Waals surface area contributed by atoms with Gasteiger partial charge in [0.1, 0.15) is 0 Å². The van der Waals surface area contributed by atoms with Crippen LogP contribution in [0, 0.1) is 5.41 Å². The van der Waals surface area contributed by atoms with E-state index < -0.39 is 0 Å². The van der Waals surface area contributed by atoms with E-state index in [1.165, 1.54) is 0 Å². The average molecular weight is 398 g/mol. The number of benzene rings is 1. The number of carbonyl (C=O) groups is 2. The molecule has 3 fully saturated rings. The lowest BCUT2D eigenvalue weighted by Gasteiger charge is -2.40. The fourth-order valence-corrected chi connectivity index (χ4v) is 4.81. The number of guanidine groups is 1. The predicted octanol–water partition coefficient (Wildman–Crippen LogP) is 1.88. The van der Waals surface area contributed by atoms with Crippen molar-refractivity contribution in [2.24, 2.45) is 10.4 Å². The van der Waals surface area contributed by atoms with Crippen LogP contribution >= 0.6 is 0 Å². The number of piperidine rings is 2. The van der Waals surface area contributed by atoms with Crippen molar-refractivity contribution in [2.75, 3.05) is 38.1 Å². The lowest BCUT2D eigenvalue weighted by molar-refractivity contribution is -0.120. The van der Waals surface area contributed by atoms with Gasteiger partial charge in [-0.2, -0.15) is 0 Å². The van der Waals surface area contributed by atoms with Gasteiger partial charge >= 0.3 is 0 Å². The van der Waals surface area contributed by atoms with Crippen molar-refractivity contribution in [3.8, 4) is 0 Å². The van der Waals surface area contributed by atoms with Crippen molar-refractivity contribution in [1.29, 1.82) is 0 Å². The molecule has 3 heterocycles. The maximum atomic E-state index is 12.1. The SMILES string of the molecule is CN=C(NCc1ccc(N2CCCCC2=O)cc1)N1CCCC2(CNC(=O)C2)C1. The largest absolute Gasteiger partial charge is 0.355 e. The number of anilines is 1. The maximum absolute atomic E-state index is 12.1. The molecule has 0 aromatic heterocycles.